The number of carbonyl (C=O) groups excluding carboxylic acids is 1. The van der Waals surface area contributed by atoms with E-state index in [1.165, 1.54) is 35.2 Å². The van der Waals surface area contributed by atoms with Gasteiger partial charge in [-0.2, -0.15) is 0 Å². The summed E-state index contributed by atoms with van der Waals surface area (Å²) in [6.07, 6.45) is 0. The Bertz CT molecular complexity index is 1030. The van der Waals surface area contributed by atoms with Gasteiger partial charge in [-0.15, -0.1) is 0 Å². The summed E-state index contributed by atoms with van der Waals surface area (Å²) in [5.41, 5.74) is 1.44. The Morgan fingerprint density at radius 2 is 1.85 bits per heavy atom. The summed E-state index contributed by atoms with van der Waals surface area (Å²) < 4.78 is 0.266. The van der Waals surface area contributed by atoms with Crippen LogP contribution in [-0.2, 0) is 4.79 Å². The van der Waals surface area contributed by atoms with E-state index in [0.29, 0.717) is 21.7 Å². The molecule has 1 amide bonds. The molecule has 0 unspecified atom stereocenters. The number of nitrogens with zero attached hydrogens (tertiary/aromatic N) is 2. The number of hydrogen-bond acceptors (Lipinski definition) is 6. The first-order valence-electron chi connectivity index (χ1n) is 7.65. The highest BCUT2D eigenvalue weighted by Gasteiger charge is 2.35. The van der Waals surface area contributed by atoms with E-state index in [1.54, 1.807) is 25.1 Å². The number of amides is 1. The maximum absolute atomic E-state index is 12.9. The molecule has 0 bridgehead atoms. The van der Waals surface area contributed by atoms with Gasteiger partial charge in [0.1, 0.15) is 0 Å². The van der Waals surface area contributed by atoms with Gasteiger partial charge in [-0.1, -0.05) is 42.2 Å². The summed E-state index contributed by atoms with van der Waals surface area (Å²) in [6, 6.07) is 11.9. The minimum absolute atomic E-state index is 0.0425. The third-order valence-electron chi connectivity index (χ3n) is 3.95. The van der Waals surface area contributed by atoms with Crippen LogP contribution in [0.25, 0.3) is 5.57 Å². The minimum atomic E-state index is -1.11. The number of thioether (sulfide) groups is 1. The topological polar surface area (TPSA) is 101 Å². The molecule has 0 spiro atoms. The van der Waals surface area contributed by atoms with Gasteiger partial charge in [-0.25, -0.2) is 4.79 Å². The number of carbonyl (C=O) groups is 2. The lowest BCUT2D eigenvalue weighted by Crippen LogP contribution is -2.27. The number of thiocarbonyl (C=S) groups is 1. The van der Waals surface area contributed by atoms with E-state index in [2.05, 4.69) is 0 Å². The summed E-state index contributed by atoms with van der Waals surface area (Å²) in [5.74, 6) is -1.50. The zero-order chi connectivity index (χ0) is 19.7. The Morgan fingerprint density at radius 3 is 2.52 bits per heavy atom. The summed E-state index contributed by atoms with van der Waals surface area (Å²) >= 11 is 6.38. The van der Waals surface area contributed by atoms with Crippen molar-refractivity contribution in [3.8, 4) is 0 Å². The molecule has 1 aliphatic rings. The first kappa shape index (κ1) is 18.7. The molecule has 2 aromatic rings. The number of carboxylic acid groups (broad SMARTS) is 1. The molecule has 1 N–H and O–H groups in total. The van der Waals surface area contributed by atoms with E-state index in [4.69, 9.17) is 17.3 Å². The van der Waals surface area contributed by atoms with Crippen LogP contribution < -0.4 is 4.90 Å². The molecule has 1 fully saturated rings. The van der Waals surface area contributed by atoms with Crippen molar-refractivity contribution in [1.29, 1.82) is 0 Å². The van der Waals surface area contributed by atoms with Crippen LogP contribution >= 0.6 is 24.0 Å². The van der Waals surface area contributed by atoms with Gasteiger partial charge in [0.2, 0.25) is 0 Å². The number of nitro benzene ring substituents is 1. The number of non-ortho nitro benzene ring substituents is 1. The number of hydrogen-bond donors (Lipinski definition) is 1. The van der Waals surface area contributed by atoms with Gasteiger partial charge < -0.3 is 5.11 Å². The fourth-order valence-electron chi connectivity index (χ4n) is 2.58. The van der Waals surface area contributed by atoms with E-state index in [1.807, 2.05) is 0 Å². The molecule has 9 heteroatoms. The maximum Gasteiger partial charge on any atom is 0.335 e. The van der Waals surface area contributed by atoms with Crippen molar-refractivity contribution in [1.82, 2.24) is 0 Å². The molecular formula is C18H12N2O5S2. The van der Waals surface area contributed by atoms with Crippen molar-refractivity contribution in [2.75, 3.05) is 4.90 Å². The molecule has 0 atom stereocenters. The second kappa shape index (κ2) is 7.29. The quantitative estimate of drug-likeness (QED) is 0.357. The number of anilines is 1. The van der Waals surface area contributed by atoms with Crippen LogP contribution in [0.3, 0.4) is 0 Å². The van der Waals surface area contributed by atoms with Gasteiger partial charge in [0, 0.05) is 12.1 Å². The molecule has 1 saturated heterocycles. The molecule has 1 aliphatic heterocycles. The number of nitro groups is 1. The van der Waals surface area contributed by atoms with E-state index < -0.39 is 16.8 Å². The molecule has 27 heavy (non-hydrogen) atoms. The molecule has 0 aliphatic carbocycles. The number of allylic oxidation sites excluding steroid dienone is 1. The van der Waals surface area contributed by atoms with Crippen LogP contribution in [0.5, 0.6) is 0 Å². The van der Waals surface area contributed by atoms with E-state index in [0.717, 1.165) is 11.8 Å². The molecule has 136 valence electrons. The standard InChI is InChI=1S/C18H12N2O5S2/c1-10(11-4-2-7-14(8-11)20(24)25)15-16(21)19(18(26)27-15)13-6-3-5-12(9-13)17(22)23/h2-9H,1H3,(H,22,23)/b15-10-. The zero-order valence-corrected chi connectivity index (χ0v) is 15.5. The molecule has 3 rings (SSSR count). The van der Waals surface area contributed by atoms with Crippen molar-refractivity contribution in [3.63, 3.8) is 0 Å². The Kier molecular flexibility index (Phi) is 5.06. The minimum Gasteiger partial charge on any atom is -0.478 e. The predicted octanol–water partition coefficient (Wildman–Crippen LogP) is 4.09. The smallest absolute Gasteiger partial charge is 0.335 e. The summed E-state index contributed by atoms with van der Waals surface area (Å²) in [4.78, 5) is 36.2. The van der Waals surface area contributed by atoms with Crippen LogP contribution in [0.4, 0.5) is 11.4 Å². The van der Waals surface area contributed by atoms with Crippen LogP contribution in [-0.4, -0.2) is 26.2 Å². The average molecular weight is 400 g/mol. The molecule has 0 aromatic heterocycles. The van der Waals surface area contributed by atoms with Crippen molar-refractivity contribution >= 4 is 57.1 Å². The first-order valence-corrected chi connectivity index (χ1v) is 8.87. The highest BCUT2D eigenvalue weighted by atomic mass is 32.2. The van der Waals surface area contributed by atoms with Crippen LogP contribution in [0.15, 0.2) is 53.4 Å². The molecule has 0 saturated carbocycles. The van der Waals surface area contributed by atoms with Crippen molar-refractivity contribution < 1.29 is 19.6 Å². The van der Waals surface area contributed by atoms with Crippen LogP contribution in [0.1, 0.15) is 22.8 Å². The molecule has 2 aromatic carbocycles. The summed E-state index contributed by atoms with van der Waals surface area (Å²) in [7, 11) is 0. The van der Waals surface area contributed by atoms with E-state index in [-0.39, 0.29) is 15.6 Å². The highest BCUT2D eigenvalue weighted by Crippen LogP contribution is 2.39. The van der Waals surface area contributed by atoms with Gasteiger partial charge in [-0.3, -0.25) is 19.8 Å². The second-order valence-corrected chi connectivity index (χ2v) is 7.27. The molecule has 1 heterocycles. The van der Waals surface area contributed by atoms with Crippen molar-refractivity contribution in [2.24, 2.45) is 0 Å². The largest absolute Gasteiger partial charge is 0.478 e. The second-order valence-electron chi connectivity index (χ2n) is 5.63. The van der Waals surface area contributed by atoms with Gasteiger partial charge in [-0.05, 0) is 36.3 Å². The Balaban J connectivity index is 2.02. The third-order valence-corrected chi connectivity index (χ3v) is 5.43. The normalized spacial score (nSPS) is 15.8. The zero-order valence-electron chi connectivity index (χ0n) is 13.9. The third kappa shape index (κ3) is 3.60. The molecular weight excluding hydrogens is 388 g/mol. The van der Waals surface area contributed by atoms with Gasteiger partial charge >= 0.3 is 5.97 Å². The van der Waals surface area contributed by atoms with Crippen LogP contribution in [0.2, 0.25) is 0 Å². The molecule has 7 nitrogen and oxygen atoms in total. The number of aromatic carboxylic acids is 1. The van der Waals surface area contributed by atoms with Gasteiger partial charge in [0.05, 0.1) is 21.1 Å². The van der Waals surface area contributed by atoms with Crippen molar-refractivity contribution in [2.45, 2.75) is 6.92 Å². The van der Waals surface area contributed by atoms with Crippen LogP contribution in [0, 0.1) is 10.1 Å². The van der Waals surface area contributed by atoms with Gasteiger partial charge in [0.15, 0.2) is 4.32 Å². The highest BCUT2D eigenvalue weighted by molar-refractivity contribution is 8.27. The lowest BCUT2D eigenvalue weighted by atomic mass is 10.1. The lowest BCUT2D eigenvalue weighted by Gasteiger charge is -2.15. The monoisotopic (exact) mass is 400 g/mol. The lowest BCUT2D eigenvalue weighted by molar-refractivity contribution is -0.384. The van der Waals surface area contributed by atoms with E-state index >= 15 is 0 Å². The summed E-state index contributed by atoms with van der Waals surface area (Å²) in [6.45, 7) is 1.69. The maximum atomic E-state index is 12.9. The Labute approximate surface area is 163 Å². The first-order chi connectivity index (χ1) is 12.8. The number of carboxylic acids is 1. The Morgan fingerprint density at radius 1 is 1.19 bits per heavy atom. The molecule has 0 radical (unpaired) electrons. The van der Waals surface area contributed by atoms with E-state index in [9.17, 15) is 19.7 Å². The number of benzene rings is 2. The Hall–Kier alpha value is -3.04. The van der Waals surface area contributed by atoms with Gasteiger partial charge in [0.25, 0.3) is 11.6 Å². The number of rotatable bonds is 4. The summed E-state index contributed by atoms with van der Waals surface area (Å²) in [5, 5.41) is 20.1. The predicted molar refractivity (Wildman–Crippen MR) is 107 cm³/mol. The SMILES string of the molecule is C/C(=C1/SC(=S)N(c2cccc(C(=O)O)c2)C1=O)c1cccc([N+](=O)[O-])c1. The average Bonchev–Trinajstić information content (AvgIpc) is 2.95. The fraction of sp³-hybridized carbons (Fsp3) is 0.0556. The fourth-order valence-corrected chi connectivity index (χ4v) is 3.92. The van der Waals surface area contributed by atoms with Crippen molar-refractivity contribution in [3.05, 3.63) is 74.7 Å².